The molecule has 2 rings (SSSR count). The molecule has 2 N–H and O–H groups in total. The van der Waals surface area contributed by atoms with E-state index in [1.807, 2.05) is 0 Å². The third-order valence-electron chi connectivity index (χ3n) is 2.32. The lowest BCUT2D eigenvalue weighted by atomic mass is 10.2. The number of nitrogens with zero attached hydrogens (tertiary/aromatic N) is 2. The van der Waals surface area contributed by atoms with E-state index in [1.165, 1.54) is 12.1 Å². The van der Waals surface area contributed by atoms with Crippen molar-refractivity contribution in [3.05, 3.63) is 41.0 Å². The summed E-state index contributed by atoms with van der Waals surface area (Å²) in [5.41, 5.74) is 6.39. The predicted molar refractivity (Wildman–Crippen MR) is 59.0 cm³/mol. The van der Waals surface area contributed by atoms with Crippen molar-refractivity contribution < 1.29 is 18.6 Å². The van der Waals surface area contributed by atoms with Crippen LogP contribution in [0.4, 0.5) is 10.1 Å². The SMILES string of the molecule is Cc1nonc1COC(=O)c1ccc(F)c(N)c1. The maximum atomic E-state index is 12.9. The van der Waals surface area contributed by atoms with Crippen LogP contribution in [0, 0.1) is 12.7 Å². The van der Waals surface area contributed by atoms with Crippen molar-refractivity contribution in [2.24, 2.45) is 0 Å². The van der Waals surface area contributed by atoms with Gasteiger partial charge in [-0.25, -0.2) is 13.8 Å². The van der Waals surface area contributed by atoms with Gasteiger partial charge in [0.2, 0.25) is 0 Å². The minimum absolute atomic E-state index is 0.0640. The number of nitrogens with two attached hydrogens (primary N) is 1. The van der Waals surface area contributed by atoms with Crippen LogP contribution in [0.3, 0.4) is 0 Å². The fourth-order valence-electron chi connectivity index (χ4n) is 1.27. The van der Waals surface area contributed by atoms with Crippen LogP contribution >= 0.6 is 0 Å². The molecule has 0 atom stereocenters. The van der Waals surface area contributed by atoms with E-state index in [2.05, 4.69) is 14.9 Å². The lowest BCUT2D eigenvalue weighted by molar-refractivity contribution is 0.0463. The summed E-state index contributed by atoms with van der Waals surface area (Å²) in [4.78, 5) is 11.6. The molecule has 0 radical (unpaired) electrons. The quantitative estimate of drug-likeness (QED) is 0.655. The van der Waals surface area contributed by atoms with Crippen molar-refractivity contribution in [1.29, 1.82) is 0 Å². The van der Waals surface area contributed by atoms with E-state index in [9.17, 15) is 9.18 Å². The highest BCUT2D eigenvalue weighted by Gasteiger charge is 2.12. The zero-order valence-electron chi connectivity index (χ0n) is 9.51. The van der Waals surface area contributed by atoms with E-state index in [0.29, 0.717) is 11.4 Å². The molecule has 1 aromatic carbocycles. The van der Waals surface area contributed by atoms with Crippen LogP contribution in [0.5, 0.6) is 0 Å². The molecular weight excluding hydrogens is 241 g/mol. The smallest absolute Gasteiger partial charge is 0.338 e. The van der Waals surface area contributed by atoms with Crippen molar-refractivity contribution in [3.8, 4) is 0 Å². The summed E-state index contributed by atoms with van der Waals surface area (Å²) in [6.45, 7) is 1.61. The van der Waals surface area contributed by atoms with Crippen molar-refractivity contribution >= 4 is 11.7 Å². The maximum absolute atomic E-state index is 12.9. The van der Waals surface area contributed by atoms with Gasteiger partial charge in [-0.3, -0.25) is 0 Å². The monoisotopic (exact) mass is 251 g/mol. The first-order chi connectivity index (χ1) is 8.58. The molecule has 0 bridgehead atoms. The van der Waals surface area contributed by atoms with Crippen molar-refractivity contribution in [1.82, 2.24) is 10.3 Å². The molecule has 0 aliphatic rings. The number of rotatable bonds is 3. The average molecular weight is 251 g/mol. The number of nitrogen functional groups attached to an aromatic ring is 1. The molecule has 1 heterocycles. The molecule has 2 aromatic rings. The minimum atomic E-state index is -0.621. The summed E-state index contributed by atoms with van der Waals surface area (Å²) in [6, 6.07) is 3.61. The van der Waals surface area contributed by atoms with Crippen LogP contribution in [0.15, 0.2) is 22.8 Å². The third kappa shape index (κ3) is 2.45. The van der Waals surface area contributed by atoms with Gasteiger partial charge in [-0.05, 0) is 25.1 Å². The van der Waals surface area contributed by atoms with Crippen LogP contribution in [-0.2, 0) is 11.3 Å². The lowest BCUT2D eigenvalue weighted by Crippen LogP contribution is -2.07. The zero-order chi connectivity index (χ0) is 13.1. The normalized spacial score (nSPS) is 10.3. The Morgan fingerprint density at radius 3 is 2.89 bits per heavy atom. The van der Waals surface area contributed by atoms with Gasteiger partial charge < -0.3 is 10.5 Å². The van der Waals surface area contributed by atoms with Gasteiger partial charge in [-0.15, -0.1) is 0 Å². The number of benzene rings is 1. The Bertz CT molecular complexity index is 583. The topological polar surface area (TPSA) is 91.2 Å². The molecule has 0 unspecified atom stereocenters. The second-order valence-electron chi connectivity index (χ2n) is 3.61. The van der Waals surface area contributed by atoms with Gasteiger partial charge in [0, 0.05) is 0 Å². The first-order valence-corrected chi connectivity index (χ1v) is 5.08. The molecule has 0 aliphatic carbocycles. The Balaban J connectivity index is 2.04. The summed E-state index contributed by atoms with van der Waals surface area (Å²) < 4.78 is 22.3. The number of carbonyl (C=O) groups excluding carboxylic acids is 1. The van der Waals surface area contributed by atoms with E-state index in [1.54, 1.807) is 6.92 Å². The van der Waals surface area contributed by atoms with Gasteiger partial charge in [0.05, 0.1) is 11.3 Å². The second kappa shape index (κ2) is 4.82. The second-order valence-corrected chi connectivity index (χ2v) is 3.61. The molecular formula is C11H10FN3O3. The van der Waals surface area contributed by atoms with E-state index in [0.717, 1.165) is 6.07 Å². The Hall–Kier alpha value is -2.44. The fourth-order valence-corrected chi connectivity index (χ4v) is 1.27. The van der Waals surface area contributed by atoms with Crippen molar-refractivity contribution in [3.63, 3.8) is 0 Å². The maximum Gasteiger partial charge on any atom is 0.338 e. The molecule has 0 saturated heterocycles. The van der Waals surface area contributed by atoms with E-state index >= 15 is 0 Å². The summed E-state index contributed by atoms with van der Waals surface area (Å²) >= 11 is 0. The molecule has 1 aromatic heterocycles. The van der Waals surface area contributed by atoms with E-state index in [-0.39, 0.29) is 17.9 Å². The largest absolute Gasteiger partial charge is 0.455 e. The Labute approximate surface area is 102 Å². The van der Waals surface area contributed by atoms with Gasteiger partial charge in [0.15, 0.2) is 0 Å². The van der Waals surface area contributed by atoms with Gasteiger partial charge >= 0.3 is 5.97 Å². The molecule has 18 heavy (non-hydrogen) atoms. The van der Waals surface area contributed by atoms with Crippen LogP contribution in [0.25, 0.3) is 0 Å². The van der Waals surface area contributed by atoms with Gasteiger partial charge in [0.25, 0.3) is 0 Å². The predicted octanol–water partition coefficient (Wildman–Crippen LogP) is 1.46. The summed E-state index contributed by atoms with van der Waals surface area (Å²) in [7, 11) is 0. The van der Waals surface area contributed by atoms with Gasteiger partial charge in [-0.1, -0.05) is 10.3 Å². The molecule has 94 valence electrons. The van der Waals surface area contributed by atoms with E-state index in [4.69, 9.17) is 10.5 Å². The molecule has 0 saturated carbocycles. The fraction of sp³-hybridized carbons (Fsp3) is 0.182. The highest BCUT2D eigenvalue weighted by atomic mass is 19.1. The van der Waals surface area contributed by atoms with Crippen molar-refractivity contribution in [2.45, 2.75) is 13.5 Å². The number of carbonyl (C=O) groups is 1. The number of hydrogen-bond acceptors (Lipinski definition) is 6. The third-order valence-corrected chi connectivity index (χ3v) is 2.32. The zero-order valence-corrected chi connectivity index (χ0v) is 9.51. The summed E-state index contributed by atoms with van der Waals surface area (Å²) in [5.74, 6) is -1.20. The molecule has 6 nitrogen and oxygen atoms in total. The number of aromatic nitrogens is 2. The highest BCUT2D eigenvalue weighted by molar-refractivity contribution is 5.90. The Kier molecular flexibility index (Phi) is 3.22. The van der Waals surface area contributed by atoms with E-state index < -0.39 is 11.8 Å². The highest BCUT2D eigenvalue weighted by Crippen LogP contribution is 2.14. The number of esters is 1. The number of ether oxygens (including phenoxy) is 1. The van der Waals surface area contributed by atoms with Gasteiger partial charge in [0.1, 0.15) is 23.8 Å². The van der Waals surface area contributed by atoms with Crippen LogP contribution in [-0.4, -0.2) is 16.3 Å². The van der Waals surface area contributed by atoms with Gasteiger partial charge in [-0.2, -0.15) is 0 Å². The number of hydrogen-bond donors (Lipinski definition) is 1. The number of aryl methyl sites for hydroxylation is 1. The Morgan fingerprint density at radius 2 is 2.28 bits per heavy atom. The first kappa shape index (κ1) is 12.0. The van der Waals surface area contributed by atoms with Crippen LogP contribution in [0.1, 0.15) is 21.7 Å². The average Bonchev–Trinajstić information content (AvgIpc) is 2.75. The standard InChI is InChI=1S/C11H10FN3O3/c1-6-10(15-18-14-6)5-17-11(16)7-2-3-8(12)9(13)4-7/h2-4H,5,13H2,1H3. The molecule has 0 spiro atoms. The summed E-state index contributed by atoms with van der Waals surface area (Å²) in [5, 5.41) is 7.11. The number of anilines is 1. The van der Waals surface area contributed by atoms with Crippen LogP contribution < -0.4 is 5.73 Å². The molecule has 7 heteroatoms. The first-order valence-electron chi connectivity index (χ1n) is 5.08. The lowest BCUT2D eigenvalue weighted by Gasteiger charge is -2.04. The number of halogens is 1. The molecule has 0 amide bonds. The van der Waals surface area contributed by atoms with Crippen molar-refractivity contribution in [2.75, 3.05) is 5.73 Å². The van der Waals surface area contributed by atoms with Crippen LogP contribution in [0.2, 0.25) is 0 Å². The minimum Gasteiger partial charge on any atom is -0.455 e. The summed E-state index contributed by atoms with van der Waals surface area (Å²) in [6.07, 6.45) is 0. The Morgan fingerprint density at radius 1 is 1.50 bits per heavy atom. The molecule has 0 fully saturated rings. The molecule has 0 aliphatic heterocycles.